The zero-order chi connectivity index (χ0) is 21.5. The van der Waals surface area contributed by atoms with Crippen molar-refractivity contribution in [2.24, 2.45) is 7.05 Å². The van der Waals surface area contributed by atoms with E-state index in [1.54, 1.807) is 48.2 Å². The number of furan rings is 1. The molecule has 8 nitrogen and oxygen atoms in total. The smallest absolute Gasteiger partial charge is 0.345 e. The van der Waals surface area contributed by atoms with E-state index in [4.69, 9.17) is 16.0 Å². The van der Waals surface area contributed by atoms with E-state index in [-0.39, 0.29) is 17.6 Å². The highest BCUT2D eigenvalue weighted by Crippen LogP contribution is 2.29. The fourth-order valence-corrected chi connectivity index (χ4v) is 4.27. The van der Waals surface area contributed by atoms with Gasteiger partial charge in [0.05, 0.1) is 22.4 Å². The van der Waals surface area contributed by atoms with Crippen molar-refractivity contribution in [1.29, 1.82) is 0 Å². The molecule has 4 aromatic rings. The molecule has 0 fully saturated rings. The summed E-state index contributed by atoms with van der Waals surface area (Å²) in [6.45, 7) is 0.521. The number of para-hydroxylation sites is 1. The van der Waals surface area contributed by atoms with Gasteiger partial charge in [0.15, 0.2) is 5.76 Å². The zero-order valence-corrected chi connectivity index (χ0v) is 17.6. The molecule has 3 aromatic heterocycles. The Morgan fingerprint density at radius 3 is 2.94 bits per heavy atom. The molecule has 1 unspecified atom stereocenters. The topological polar surface area (TPSA) is 95.0 Å². The van der Waals surface area contributed by atoms with Crippen LogP contribution in [0.3, 0.4) is 0 Å². The lowest BCUT2D eigenvalue weighted by molar-refractivity contribution is 0.0934. The van der Waals surface area contributed by atoms with Crippen LogP contribution in [-0.4, -0.2) is 31.3 Å². The molecule has 0 spiro atoms. The first-order valence-electron chi connectivity index (χ1n) is 10.1. The Morgan fingerprint density at radius 1 is 1.26 bits per heavy atom. The highest BCUT2D eigenvalue weighted by Gasteiger charge is 2.23. The number of nitrogens with zero attached hydrogens (tertiary/aromatic N) is 4. The van der Waals surface area contributed by atoms with E-state index in [2.05, 4.69) is 15.4 Å². The number of amides is 1. The van der Waals surface area contributed by atoms with Gasteiger partial charge in [0.25, 0.3) is 5.91 Å². The Morgan fingerprint density at radius 2 is 2.13 bits per heavy atom. The first kappa shape index (κ1) is 19.6. The highest BCUT2D eigenvalue weighted by molar-refractivity contribution is 6.35. The summed E-state index contributed by atoms with van der Waals surface area (Å²) in [7, 11) is 1.65. The van der Waals surface area contributed by atoms with Gasteiger partial charge in [0.2, 0.25) is 0 Å². The lowest BCUT2D eigenvalue weighted by Crippen LogP contribution is -2.36. The number of nitrogens with one attached hydrogen (secondary N) is 1. The van der Waals surface area contributed by atoms with Crippen molar-refractivity contribution < 1.29 is 9.21 Å². The van der Waals surface area contributed by atoms with Gasteiger partial charge in [-0.25, -0.2) is 14.5 Å². The molecule has 1 aromatic carbocycles. The van der Waals surface area contributed by atoms with Gasteiger partial charge < -0.3 is 9.73 Å². The second-order valence-electron chi connectivity index (χ2n) is 7.64. The third-order valence-electron chi connectivity index (χ3n) is 5.65. The predicted octanol–water partition coefficient (Wildman–Crippen LogP) is 3.18. The fourth-order valence-electron chi connectivity index (χ4n) is 4.06. The number of hydrogen-bond acceptors (Lipinski definition) is 5. The number of halogens is 1. The quantitative estimate of drug-likeness (QED) is 0.531. The lowest BCUT2D eigenvalue weighted by atomic mass is 10.0. The Kier molecular flexibility index (Phi) is 4.86. The van der Waals surface area contributed by atoms with E-state index in [1.807, 2.05) is 6.07 Å². The number of carbonyl (C=O) groups excluding carboxylic acids is 1. The van der Waals surface area contributed by atoms with Gasteiger partial charge in [-0.1, -0.05) is 23.7 Å². The SMILES string of the molecule is Cn1nc2n(c1=O)CCC(NC(=O)c1cc(-c3ccco3)nc3c(Cl)cccc13)CC2. The molecule has 1 N–H and O–H groups in total. The van der Waals surface area contributed by atoms with E-state index in [0.717, 1.165) is 5.82 Å². The Balaban J connectivity index is 1.46. The van der Waals surface area contributed by atoms with Gasteiger partial charge in [-0.2, -0.15) is 5.10 Å². The number of hydrogen-bond donors (Lipinski definition) is 1. The van der Waals surface area contributed by atoms with Crippen LogP contribution in [0.4, 0.5) is 0 Å². The molecule has 31 heavy (non-hydrogen) atoms. The van der Waals surface area contributed by atoms with Crippen molar-refractivity contribution in [1.82, 2.24) is 24.6 Å². The Labute approximate surface area is 182 Å². The normalized spacial score (nSPS) is 16.1. The molecule has 0 saturated heterocycles. The molecule has 4 heterocycles. The fraction of sp³-hybridized carbons (Fsp3) is 0.273. The summed E-state index contributed by atoms with van der Waals surface area (Å²) in [6, 6.07) is 10.6. The van der Waals surface area contributed by atoms with Gasteiger partial charge in [-0.15, -0.1) is 0 Å². The van der Waals surface area contributed by atoms with E-state index in [9.17, 15) is 9.59 Å². The Hall–Kier alpha value is -3.39. The minimum absolute atomic E-state index is 0.0756. The van der Waals surface area contributed by atoms with Crippen LogP contribution < -0.4 is 11.0 Å². The number of carbonyl (C=O) groups is 1. The number of fused-ring (bicyclic) bond motifs is 2. The summed E-state index contributed by atoms with van der Waals surface area (Å²) in [5, 5.41) is 8.57. The van der Waals surface area contributed by atoms with Gasteiger partial charge in [0.1, 0.15) is 11.5 Å². The van der Waals surface area contributed by atoms with Gasteiger partial charge in [0, 0.05) is 31.4 Å². The maximum Gasteiger partial charge on any atom is 0.345 e. The molecule has 1 atom stereocenters. The maximum absolute atomic E-state index is 13.3. The van der Waals surface area contributed by atoms with Crippen molar-refractivity contribution >= 4 is 28.4 Å². The van der Waals surface area contributed by atoms with Crippen molar-refractivity contribution in [3.63, 3.8) is 0 Å². The number of benzene rings is 1. The minimum atomic E-state index is -0.208. The van der Waals surface area contributed by atoms with Crippen LogP contribution >= 0.6 is 11.6 Å². The average Bonchev–Trinajstić information content (AvgIpc) is 3.34. The van der Waals surface area contributed by atoms with Crippen molar-refractivity contribution in [3.8, 4) is 11.5 Å². The van der Waals surface area contributed by atoms with Gasteiger partial charge in [-0.05, 0) is 37.1 Å². The molecular weight excluding hydrogens is 418 g/mol. The second kappa shape index (κ2) is 7.70. The van der Waals surface area contributed by atoms with Crippen LogP contribution in [0.15, 0.2) is 51.9 Å². The van der Waals surface area contributed by atoms with Crippen LogP contribution in [0.1, 0.15) is 29.0 Å². The number of pyridine rings is 1. The molecule has 1 aliphatic heterocycles. The summed E-state index contributed by atoms with van der Waals surface area (Å²) >= 11 is 6.38. The van der Waals surface area contributed by atoms with E-state index in [0.29, 0.717) is 58.8 Å². The second-order valence-corrected chi connectivity index (χ2v) is 8.05. The summed E-state index contributed by atoms with van der Waals surface area (Å²) < 4.78 is 8.52. The molecule has 0 saturated carbocycles. The molecule has 1 amide bonds. The maximum atomic E-state index is 13.3. The van der Waals surface area contributed by atoms with Crippen LogP contribution in [0, 0.1) is 0 Å². The lowest BCUT2D eigenvalue weighted by Gasteiger charge is -2.17. The largest absolute Gasteiger partial charge is 0.463 e. The van der Waals surface area contributed by atoms with Crippen molar-refractivity contribution in [2.75, 3.05) is 0 Å². The van der Waals surface area contributed by atoms with E-state index in [1.165, 1.54) is 4.68 Å². The predicted molar refractivity (Wildman–Crippen MR) is 116 cm³/mol. The highest BCUT2D eigenvalue weighted by atomic mass is 35.5. The third kappa shape index (κ3) is 3.53. The Bertz CT molecular complexity index is 1340. The van der Waals surface area contributed by atoms with Gasteiger partial charge >= 0.3 is 5.69 Å². The molecule has 0 radical (unpaired) electrons. The summed E-state index contributed by atoms with van der Waals surface area (Å²) in [5.41, 5.74) is 1.45. The summed E-state index contributed by atoms with van der Waals surface area (Å²) in [5.74, 6) is 1.11. The van der Waals surface area contributed by atoms with E-state index < -0.39 is 0 Å². The van der Waals surface area contributed by atoms with Crippen molar-refractivity contribution in [2.45, 2.75) is 31.8 Å². The van der Waals surface area contributed by atoms with Crippen molar-refractivity contribution in [3.05, 3.63) is 69.6 Å². The average molecular weight is 438 g/mol. The van der Waals surface area contributed by atoms with Crippen LogP contribution in [-0.2, 0) is 20.0 Å². The van der Waals surface area contributed by atoms with Crippen LogP contribution in [0.25, 0.3) is 22.4 Å². The molecule has 1 aliphatic rings. The first-order chi connectivity index (χ1) is 15.0. The number of rotatable bonds is 3. The minimum Gasteiger partial charge on any atom is -0.463 e. The molecule has 0 bridgehead atoms. The van der Waals surface area contributed by atoms with Crippen LogP contribution in [0.2, 0.25) is 5.02 Å². The first-order valence-corrected chi connectivity index (χ1v) is 10.5. The van der Waals surface area contributed by atoms with E-state index >= 15 is 0 Å². The standard InChI is InChI=1S/C22H20ClN5O3/c1-27-22(30)28-10-9-13(7-8-19(28)26-27)24-21(29)15-12-17(18-6-3-11-31-18)25-20-14(15)4-2-5-16(20)23/h2-6,11-13H,7-10H2,1H3,(H,24,29). The molecular formula is C22H20ClN5O3. The zero-order valence-electron chi connectivity index (χ0n) is 16.8. The molecule has 0 aliphatic carbocycles. The molecule has 9 heteroatoms. The monoisotopic (exact) mass is 437 g/mol. The molecule has 5 rings (SSSR count). The number of aromatic nitrogens is 4. The third-order valence-corrected chi connectivity index (χ3v) is 5.95. The van der Waals surface area contributed by atoms with Gasteiger partial charge in [-0.3, -0.25) is 9.36 Å². The summed E-state index contributed by atoms with van der Waals surface area (Å²) in [6.07, 6.45) is 3.55. The van der Waals surface area contributed by atoms with Crippen LogP contribution in [0.5, 0.6) is 0 Å². The summed E-state index contributed by atoms with van der Waals surface area (Å²) in [4.78, 5) is 30.1. The number of aryl methyl sites for hydroxylation is 2. The molecule has 158 valence electrons.